The summed E-state index contributed by atoms with van der Waals surface area (Å²) in [7, 11) is 0. The largest absolute Gasteiger partial charge is 0.482 e. The van der Waals surface area contributed by atoms with E-state index in [4.69, 9.17) is 33.7 Å². The van der Waals surface area contributed by atoms with Gasteiger partial charge in [-0.3, -0.25) is 4.79 Å². The number of piperazine rings is 1. The molecule has 2 heterocycles. The first-order chi connectivity index (χ1) is 15.8. The number of pyridine rings is 1. The highest BCUT2D eigenvalue weighted by atomic mass is 35.5. The fraction of sp³-hybridized carbons (Fsp3) is 0.250. The summed E-state index contributed by atoms with van der Waals surface area (Å²) in [6.45, 7) is 4.69. The van der Waals surface area contributed by atoms with Crippen LogP contribution in [0.2, 0.25) is 10.0 Å². The number of nitrogens with one attached hydrogen (secondary N) is 1. The molecule has 33 heavy (non-hydrogen) atoms. The Hall–Kier alpha value is -2.87. The molecular formula is C24H23Cl2FN4O2. The summed E-state index contributed by atoms with van der Waals surface area (Å²) in [4.78, 5) is 18.7. The van der Waals surface area contributed by atoms with Crippen molar-refractivity contribution >= 4 is 34.9 Å². The summed E-state index contributed by atoms with van der Waals surface area (Å²) in [5.74, 6) is -0.0703. The first kappa shape index (κ1) is 23.3. The summed E-state index contributed by atoms with van der Waals surface area (Å²) in [5, 5.41) is 3.44. The summed E-state index contributed by atoms with van der Waals surface area (Å²) < 4.78 is 19.9. The Morgan fingerprint density at radius 3 is 2.55 bits per heavy atom. The van der Waals surface area contributed by atoms with Crippen LogP contribution in [-0.4, -0.2) is 42.0 Å². The molecule has 3 aromatic rings. The zero-order chi connectivity index (χ0) is 23.5. The summed E-state index contributed by atoms with van der Waals surface area (Å²) in [5.41, 5.74) is 8.58. The molecule has 1 amide bonds. The predicted octanol–water partition coefficient (Wildman–Crippen LogP) is 4.96. The molecule has 0 spiro atoms. The fourth-order valence-corrected chi connectivity index (χ4v) is 4.41. The van der Waals surface area contributed by atoms with Gasteiger partial charge in [0.25, 0.3) is 5.91 Å². The molecule has 0 radical (unpaired) electrons. The molecule has 1 aliphatic rings. The second-order valence-electron chi connectivity index (χ2n) is 7.74. The lowest BCUT2D eigenvalue weighted by Gasteiger charge is -2.27. The van der Waals surface area contributed by atoms with Crippen LogP contribution in [0.4, 0.5) is 10.2 Å². The van der Waals surface area contributed by atoms with E-state index >= 15 is 0 Å². The number of hydrogen-bond donors (Lipinski definition) is 2. The number of benzene rings is 2. The number of ether oxygens (including phenoxy) is 1. The number of halogens is 3. The molecule has 0 saturated carbocycles. The van der Waals surface area contributed by atoms with E-state index in [2.05, 4.69) is 10.3 Å². The molecule has 1 unspecified atom stereocenters. The second-order valence-corrected chi connectivity index (χ2v) is 8.53. The van der Waals surface area contributed by atoms with Gasteiger partial charge in [0, 0.05) is 54.1 Å². The van der Waals surface area contributed by atoms with E-state index < -0.39 is 11.9 Å². The average Bonchev–Trinajstić information content (AvgIpc) is 2.83. The Balaban J connectivity index is 1.55. The van der Waals surface area contributed by atoms with Crippen molar-refractivity contribution in [1.82, 2.24) is 15.2 Å². The van der Waals surface area contributed by atoms with Crippen molar-refractivity contribution in [2.45, 2.75) is 13.0 Å². The zero-order valence-electron chi connectivity index (χ0n) is 17.9. The van der Waals surface area contributed by atoms with Crippen molar-refractivity contribution in [2.75, 3.05) is 31.9 Å². The van der Waals surface area contributed by atoms with Gasteiger partial charge in [-0.25, -0.2) is 9.37 Å². The molecule has 1 aromatic heterocycles. The van der Waals surface area contributed by atoms with Gasteiger partial charge < -0.3 is 20.7 Å². The van der Waals surface area contributed by atoms with E-state index in [1.165, 1.54) is 12.1 Å². The van der Waals surface area contributed by atoms with Crippen LogP contribution in [-0.2, 0) is 0 Å². The van der Waals surface area contributed by atoms with E-state index in [9.17, 15) is 9.18 Å². The topological polar surface area (TPSA) is 80.5 Å². The van der Waals surface area contributed by atoms with E-state index in [1.807, 2.05) is 17.0 Å². The van der Waals surface area contributed by atoms with Crippen LogP contribution in [0, 0.1) is 5.82 Å². The number of carbonyl (C=O) groups is 1. The molecule has 6 nitrogen and oxygen atoms in total. The molecular weight excluding hydrogens is 466 g/mol. The van der Waals surface area contributed by atoms with Crippen molar-refractivity contribution in [3.05, 3.63) is 75.7 Å². The predicted molar refractivity (Wildman–Crippen MR) is 128 cm³/mol. The molecule has 1 aliphatic heterocycles. The smallest absolute Gasteiger partial charge is 0.253 e. The highest BCUT2D eigenvalue weighted by Crippen LogP contribution is 2.37. The molecule has 9 heteroatoms. The van der Waals surface area contributed by atoms with Gasteiger partial charge >= 0.3 is 0 Å². The van der Waals surface area contributed by atoms with Gasteiger partial charge in [0.1, 0.15) is 11.9 Å². The lowest BCUT2D eigenvalue weighted by Crippen LogP contribution is -2.46. The number of carbonyl (C=O) groups excluding carboxylic acids is 1. The molecule has 0 aliphatic carbocycles. The van der Waals surface area contributed by atoms with Crippen molar-refractivity contribution in [1.29, 1.82) is 0 Å². The van der Waals surface area contributed by atoms with Crippen LogP contribution in [0.1, 0.15) is 28.9 Å². The number of rotatable bonds is 5. The summed E-state index contributed by atoms with van der Waals surface area (Å²) in [6.07, 6.45) is 0.960. The standard InChI is InChI=1S/C24H23Cl2FN4O2/c1-14(21-18(25)6-7-19(27)22(21)26)33-20-12-17(13-30-23(20)28)15-2-4-16(5-3-15)24(32)31-10-8-29-9-11-31/h2-7,12-14,29H,8-11H2,1H3,(H2,28,30). The minimum absolute atomic E-state index is 0.0141. The SMILES string of the molecule is CC(Oc1cc(-c2ccc(C(=O)N3CCNCC3)cc2)cnc1N)c1c(Cl)ccc(F)c1Cl. The van der Waals surface area contributed by atoms with Crippen LogP contribution in [0.25, 0.3) is 11.1 Å². The number of hydrogen-bond acceptors (Lipinski definition) is 5. The number of nitrogen functional groups attached to an aromatic ring is 1. The van der Waals surface area contributed by atoms with Gasteiger partial charge in [-0.1, -0.05) is 35.3 Å². The van der Waals surface area contributed by atoms with E-state index in [-0.39, 0.29) is 16.7 Å². The highest BCUT2D eigenvalue weighted by molar-refractivity contribution is 6.36. The first-order valence-electron chi connectivity index (χ1n) is 10.5. The number of amides is 1. The Labute approximate surface area is 201 Å². The van der Waals surface area contributed by atoms with Gasteiger partial charge in [0.15, 0.2) is 11.6 Å². The molecule has 4 rings (SSSR count). The lowest BCUT2D eigenvalue weighted by atomic mass is 10.0. The fourth-order valence-electron chi connectivity index (χ4n) is 3.73. The molecule has 1 atom stereocenters. The lowest BCUT2D eigenvalue weighted by molar-refractivity contribution is 0.0736. The van der Waals surface area contributed by atoms with Gasteiger partial charge in [0.2, 0.25) is 0 Å². The first-order valence-corrected chi connectivity index (χ1v) is 11.3. The Morgan fingerprint density at radius 1 is 1.15 bits per heavy atom. The monoisotopic (exact) mass is 488 g/mol. The quantitative estimate of drug-likeness (QED) is 0.496. The summed E-state index contributed by atoms with van der Waals surface area (Å²) >= 11 is 12.3. The molecule has 1 saturated heterocycles. The van der Waals surface area contributed by atoms with Crippen LogP contribution < -0.4 is 15.8 Å². The maximum absolute atomic E-state index is 13.9. The average molecular weight is 489 g/mol. The molecule has 3 N–H and O–H groups in total. The highest BCUT2D eigenvalue weighted by Gasteiger charge is 2.21. The molecule has 0 bridgehead atoms. The van der Waals surface area contributed by atoms with Crippen molar-refractivity contribution < 1.29 is 13.9 Å². The number of nitrogens with zero attached hydrogens (tertiary/aromatic N) is 2. The van der Waals surface area contributed by atoms with Gasteiger partial charge in [-0.05, 0) is 42.8 Å². The van der Waals surface area contributed by atoms with E-state index in [1.54, 1.807) is 31.3 Å². The third kappa shape index (κ3) is 5.05. The van der Waals surface area contributed by atoms with Gasteiger partial charge in [-0.2, -0.15) is 0 Å². The third-order valence-corrected chi connectivity index (χ3v) is 6.25. The zero-order valence-corrected chi connectivity index (χ0v) is 19.5. The van der Waals surface area contributed by atoms with Gasteiger partial charge in [0.05, 0.1) is 5.02 Å². The van der Waals surface area contributed by atoms with Crippen molar-refractivity contribution in [3.8, 4) is 16.9 Å². The Morgan fingerprint density at radius 2 is 1.85 bits per heavy atom. The maximum atomic E-state index is 13.9. The number of nitrogens with two attached hydrogens (primary N) is 1. The number of anilines is 1. The summed E-state index contributed by atoms with van der Waals surface area (Å²) in [6, 6.07) is 11.7. The van der Waals surface area contributed by atoms with E-state index in [0.29, 0.717) is 35.0 Å². The van der Waals surface area contributed by atoms with Gasteiger partial charge in [-0.15, -0.1) is 0 Å². The third-order valence-electron chi connectivity index (χ3n) is 5.54. The minimum Gasteiger partial charge on any atom is -0.482 e. The Bertz CT molecular complexity index is 1170. The van der Waals surface area contributed by atoms with Crippen molar-refractivity contribution in [2.24, 2.45) is 0 Å². The Kier molecular flexibility index (Phi) is 7.02. The number of aromatic nitrogens is 1. The van der Waals surface area contributed by atoms with Crippen LogP contribution in [0.15, 0.2) is 48.7 Å². The molecule has 1 fully saturated rings. The van der Waals surface area contributed by atoms with E-state index in [0.717, 1.165) is 24.2 Å². The van der Waals surface area contributed by atoms with Crippen molar-refractivity contribution in [3.63, 3.8) is 0 Å². The minimum atomic E-state index is -0.668. The van der Waals surface area contributed by atoms with Crippen LogP contribution >= 0.6 is 23.2 Å². The molecule has 172 valence electrons. The second kappa shape index (κ2) is 9.95. The maximum Gasteiger partial charge on any atom is 0.253 e. The molecule has 2 aromatic carbocycles. The van der Waals surface area contributed by atoms with Crippen LogP contribution in [0.5, 0.6) is 5.75 Å². The van der Waals surface area contributed by atoms with Crippen LogP contribution in [0.3, 0.4) is 0 Å². The normalized spacial score (nSPS) is 14.7.